The van der Waals surface area contributed by atoms with Crippen LogP contribution in [0.2, 0.25) is 0 Å². The monoisotopic (exact) mass is 512 g/mol. The van der Waals surface area contributed by atoms with Gasteiger partial charge in [0.25, 0.3) is 0 Å². The lowest BCUT2D eigenvalue weighted by Crippen LogP contribution is -3.00. The van der Waals surface area contributed by atoms with Crippen molar-refractivity contribution >= 4 is 30.4 Å². The molecule has 1 rings (SSSR count). The summed E-state index contributed by atoms with van der Waals surface area (Å²) < 4.78 is 46.3. The molecule has 0 aromatic carbocycles. The number of halogens is 1. The Bertz CT molecular complexity index is 777. The van der Waals surface area contributed by atoms with E-state index in [1.807, 2.05) is 0 Å². The fourth-order valence-electron chi connectivity index (χ4n) is 1.82. The maximum absolute atomic E-state index is 11.3. The van der Waals surface area contributed by atoms with E-state index in [1.54, 1.807) is 0 Å². The molecule has 0 spiro atoms. The summed E-state index contributed by atoms with van der Waals surface area (Å²) in [5.41, 5.74) is 0. The molecule has 0 unspecified atom stereocenters. The Morgan fingerprint density at radius 3 is 1.43 bits per heavy atom. The highest BCUT2D eigenvalue weighted by molar-refractivity contribution is 7.72. The first-order chi connectivity index (χ1) is 11.7. The first kappa shape index (κ1) is 28.0. The van der Waals surface area contributed by atoms with Crippen LogP contribution in [0.3, 0.4) is 0 Å². The van der Waals surface area contributed by atoms with Crippen molar-refractivity contribution in [1.82, 2.24) is 4.57 Å². The van der Waals surface area contributed by atoms with Crippen LogP contribution in [0.25, 0.3) is 0 Å². The van der Waals surface area contributed by atoms with Crippen LogP contribution in [0.15, 0.2) is 18.7 Å². The van der Waals surface area contributed by atoms with E-state index in [0.29, 0.717) is 15.5 Å². The quantitative estimate of drug-likeness (QED) is 0.115. The van der Waals surface area contributed by atoms with Crippen molar-refractivity contribution < 1.29 is 84.6 Å². The predicted molar refractivity (Wildman–Crippen MR) is 82.7 cm³/mol. The van der Waals surface area contributed by atoms with Crippen molar-refractivity contribution in [3.05, 3.63) is 18.7 Å². The Morgan fingerprint density at radius 1 is 0.750 bits per heavy atom. The maximum atomic E-state index is 11.3. The molecule has 0 aliphatic heterocycles. The molecular weight excluding hydrogens is 495 g/mol. The van der Waals surface area contributed by atoms with Gasteiger partial charge >= 0.3 is 40.5 Å². The van der Waals surface area contributed by atoms with Crippen LogP contribution in [0.5, 0.6) is 0 Å². The molecule has 1 aromatic rings. The zero-order chi connectivity index (χ0) is 21.7. The summed E-state index contributed by atoms with van der Waals surface area (Å²) in [6.07, 6.45) is 2.23. The standard InChI is InChI=1S/C7H16N2O14P4.ClH/c10-6(24(12,13)14,25(15,16)17)3-8-1-2-9(5-8)4-7(11,26(18,19)20)27(21,22)23;/h1-2,5,10-11H,3-4H2,(H7-,12,13,14,15,16,17,18,19,20,21,22,23);1H. The summed E-state index contributed by atoms with van der Waals surface area (Å²) in [4.78, 5) is 72.3. The molecule has 21 heteroatoms. The summed E-state index contributed by atoms with van der Waals surface area (Å²) in [6.45, 7) is -2.81. The highest BCUT2D eigenvalue weighted by atomic mass is 35.5. The molecular formula is C7H17ClN2O14P4. The third-order valence-electron chi connectivity index (χ3n) is 3.40. The van der Waals surface area contributed by atoms with Gasteiger partial charge in [-0.05, 0) is 0 Å². The number of hydrogen-bond donors (Lipinski definition) is 10. The van der Waals surface area contributed by atoms with Crippen LogP contribution in [0, 0.1) is 0 Å². The predicted octanol–water partition coefficient (Wildman–Crippen LogP) is -6.22. The molecule has 0 amide bonds. The van der Waals surface area contributed by atoms with Crippen LogP contribution in [-0.4, -0.2) is 64.1 Å². The van der Waals surface area contributed by atoms with Crippen molar-refractivity contribution in [3.8, 4) is 0 Å². The minimum Gasteiger partial charge on any atom is -1.00 e. The maximum Gasteiger partial charge on any atom is 0.373 e. The van der Waals surface area contributed by atoms with E-state index < -0.39 is 53.6 Å². The summed E-state index contributed by atoms with van der Waals surface area (Å²) in [7, 11) is -23.2. The Morgan fingerprint density at radius 2 is 1.11 bits per heavy atom. The molecule has 0 fully saturated rings. The first-order valence-corrected chi connectivity index (χ1v) is 12.8. The SMILES string of the molecule is O=P(O)(O)C(O)(Cn1cc[n+](CC(O)(P(=O)(O)O)P(=O)(O)O)c1)P(=O)(O)O.[Cl-]. The molecule has 0 atom stereocenters. The van der Waals surface area contributed by atoms with Crippen LogP contribution in [0.1, 0.15) is 0 Å². The molecule has 0 aliphatic rings. The molecule has 1 aromatic heterocycles. The largest absolute Gasteiger partial charge is 1.00 e. The molecule has 0 saturated carbocycles. The van der Waals surface area contributed by atoms with E-state index in [4.69, 9.17) is 39.1 Å². The average Bonchev–Trinajstić information content (AvgIpc) is 2.80. The van der Waals surface area contributed by atoms with Crippen LogP contribution >= 0.6 is 30.4 Å². The lowest BCUT2D eigenvalue weighted by molar-refractivity contribution is -0.703. The third-order valence-corrected chi connectivity index (χ3v) is 10.8. The van der Waals surface area contributed by atoms with Crippen molar-refractivity contribution in [1.29, 1.82) is 0 Å². The van der Waals surface area contributed by atoms with Gasteiger partial charge in [0.05, 0.1) is 0 Å². The molecule has 1 heterocycles. The van der Waals surface area contributed by atoms with Crippen molar-refractivity contribution in [3.63, 3.8) is 0 Å². The zero-order valence-corrected chi connectivity index (χ0v) is 17.6. The van der Waals surface area contributed by atoms with E-state index in [9.17, 15) is 28.5 Å². The second kappa shape index (κ2) is 8.27. The summed E-state index contributed by atoms with van der Waals surface area (Å²) in [6, 6.07) is 0. The Balaban J connectivity index is 0.00000729. The number of rotatable bonds is 8. The van der Waals surface area contributed by atoms with Gasteiger partial charge in [-0.3, -0.25) is 18.3 Å². The molecule has 166 valence electrons. The van der Waals surface area contributed by atoms with Gasteiger partial charge in [0.15, 0.2) is 0 Å². The highest BCUT2D eigenvalue weighted by Crippen LogP contribution is 2.68. The van der Waals surface area contributed by atoms with Gasteiger partial charge in [-0.25, -0.2) is 9.13 Å². The number of aliphatic hydroxyl groups is 2. The molecule has 0 radical (unpaired) electrons. The summed E-state index contributed by atoms with van der Waals surface area (Å²) in [5.74, 6) is 0. The average molecular weight is 513 g/mol. The Labute approximate surface area is 162 Å². The molecule has 16 nitrogen and oxygen atoms in total. The summed E-state index contributed by atoms with van der Waals surface area (Å²) in [5, 5.41) is 11.9. The molecule has 0 bridgehead atoms. The number of nitrogens with zero attached hydrogens (tertiary/aromatic N) is 2. The van der Waals surface area contributed by atoms with Crippen molar-refractivity contribution in [2.24, 2.45) is 0 Å². The van der Waals surface area contributed by atoms with Crippen LogP contribution in [0.4, 0.5) is 0 Å². The van der Waals surface area contributed by atoms with Gasteiger partial charge in [-0.2, -0.15) is 0 Å². The third kappa shape index (κ3) is 5.38. The van der Waals surface area contributed by atoms with Gasteiger partial charge in [-0.15, -0.1) is 0 Å². The van der Waals surface area contributed by atoms with E-state index in [1.165, 1.54) is 0 Å². The number of hydrogen-bond acceptors (Lipinski definition) is 6. The fourth-order valence-corrected chi connectivity index (χ4v) is 5.93. The van der Waals surface area contributed by atoms with Crippen LogP contribution in [-0.2, 0) is 31.3 Å². The minimum absolute atomic E-state index is 0. The second-order valence-corrected chi connectivity index (χ2v) is 13.5. The van der Waals surface area contributed by atoms with Gasteiger partial charge < -0.3 is 61.8 Å². The van der Waals surface area contributed by atoms with Crippen LogP contribution < -0.4 is 17.0 Å². The topological polar surface area (TPSA) is 279 Å². The highest BCUT2D eigenvalue weighted by Gasteiger charge is 2.62. The second-order valence-electron chi connectivity index (χ2n) is 5.48. The van der Waals surface area contributed by atoms with E-state index in [2.05, 4.69) is 0 Å². The van der Waals surface area contributed by atoms with Gasteiger partial charge in [-0.1, -0.05) is 0 Å². The number of imidazole rings is 1. The molecule has 28 heavy (non-hydrogen) atoms. The van der Waals surface area contributed by atoms with Gasteiger partial charge in [0.1, 0.15) is 25.5 Å². The molecule has 0 saturated heterocycles. The fraction of sp³-hybridized carbons (Fsp3) is 0.571. The van der Waals surface area contributed by atoms with E-state index in [0.717, 1.165) is 12.4 Å². The minimum atomic E-state index is -5.80. The van der Waals surface area contributed by atoms with Crippen molar-refractivity contribution in [2.75, 3.05) is 0 Å². The van der Waals surface area contributed by atoms with Crippen molar-refractivity contribution in [2.45, 2.75) is 23.3 Å². The van der Waals surface area contributed by atoms with Gasteiger partial charge in [0, 0.05) is 0 Å². The van der Waals surface area contributed by atoms with E-state index in [-0.39, 0.29) is 12.4 Å². The molecule has 10 N–H and O–H groups in total. The lowest BCUT2D eigenvalue weighted by atomic mass is 10.6. The van der Waals surface area contributed by atoms with E-state index >= 15 is 0 Å². The number of aromatic nitrogens is 2. The zero-order valence-electron chi connectivity index (χ0n) is 13.3. The smallest absolute Gasteiger partial charge is 0.373 e. The summed E-state index contributed by atoms with van der Waals surface area (Å²) >= 11 is 0. The Kier molecular flexibility index (Phi) is 8.28. The van der Waals surface area contributed by atoms with Gasteiger partial charge in [0.2, 0.25) is 6.33 Å². The normalized spacial score (nSPS) is 14.6. The Hall–Kier alpha value is 0.0200. The first-order valence-electron chi connectivity index (χ1n) is 6.38. The molecule has 0 aliphatic carbocycles. The lowest BCUT2D eigenvalue weighted by Gasteiger charge is -2.27.